The molecule has 0 atom stereocenters. The lowest BCUT2D eigenvalue weighted by Crippen LogP contribution is -2.33. The van der Waals surface area contributed by atoms with Crippen LogP contribution in [0.25, 0.3) is 0 Å². The Morgan fingerprint density at radius 1 is 1.27 bits per heavy atom. The van der Waals surface area contributed by atoms with Crippen molar-refractivity contribution in [3.8, 4) is 0 Å². The number of esters is 1. The highest BCUT2D eigenvalue weighted by Gasteiger charge is 2.15. The lowest BCUT2D eigenvalue weighted by Gasteiger charge is -2.19. The van der Waals surface area contributed by atoms with Crippen LogP contribution in [-0.4, -0.2) is 31.3 Å². The molecule has 0 fully saturated rings. The first kappa shape index (κ1) is 16.5. The van der Waals surface area contributed by atoms with E-state index in [0.717, 1.165) is 0 Å². The predicted molar refractivity (Wildman–Crippen MR) is 58.1 cm³/mol. The molecule has 1 N–H and O–H groups in total. The molecule has 0 saturated heterocycles. The van der Waals surface area contributed by atoms with Crippen molar-refractivity contribution in [2.75, 3.05) is 13.7 Å². The summed E-state index contributed by atoms with van der Waals surface area (Å²) in [4.78, 5) is 21.7. The number of carbonyl (C=O) groups excluding carboxylic acids is 2. The van der Waals surface area contributed by atoms with Crippen LogP contribution in [-0.2, 0) is 14.3 Å². The van der Waals surface area contributed by atoms with Gasteiger partial charge < -0.3 is 14.8 Å². The lowest BCUT2D eigenvalue weighted by atomic mass is 10.2. The minimum atomic E-state index is -0.526. The molecule has 15 heavy (non-hydrogen) atoms. The van der Waals surface area contributed by atoms with Crippen LogP contribution in [0, 0.1) is 0 Å². The van der Waals surface area contributed by atoms with Crippen molar-refractivity contribution in [2.24, 2.45) is 0 Å². The Morgan fingerprint density at radius 3 is 2.20 bits per heavy atom. The molecule has 0 unspecified atom stereocenters. The highest BCUT2D eigenvalue weighted by molar-refractivity contribution is 5.85. The van der Waals surface area contributed by atoms with Crippen LogP contribution in [0.5, 0.6) is 0 Å². The Hall–Kier alpha value is -0.970. The zero-order chi connectivity index (χ0) is 11.2. The van der Waals surface area contributed by atoms with Gasteiger partial charge in [0.2, 0.25) is 0 Å². The fourth-order valence-corrected chi connectivity index (χ4v) is 0.683. The molecule has 0 aliphatic heterocycles. The monoisotopic (exact) mass is 239 g/mol. The van der Waals surface area contributed by atoms with Crippen molar-refractivity contribution in [1.29, 1.82) is 0 Å². The van der Waals surface area contributed by atoms with Gasteiger partial charge in [-0.1, -0.05) is 0 Å². The first-order chi connectivity index (χ1) is 6.35. The topological polar surface area (TPSA) is 64.6 Å². The van der Waals surface area contributed by atoms with E-state index < -0.39 is 11.7 Å². The van der Waals surface area contributed by atoms with Crippen LogP contribution in [0.1, 0.15) is 27.2 Å². The second kappa shape index (κ2) is 7.34. The van der Waals surface area contributed by atoms with Crippen molar-refractivity contribution in [3.05, 3.63) is 0 Å². The van der Waals surface area contributed by atoms with Crippen LogP contribution < -0.4 is 5.32 Å². The van der Waals surface area contributed by atoms with E-state index in [1.165, 1.54) is 7.11 Å². The molecule has 6 heteroatoms. The molecule has 0 aromatic rings. The van der Waals surface area contributed by atoms with Gasteiger partial charge in [0.25, 0.3) is 0 Å². The van der Waals surface area contributed by atoms with Crippen LogP contribution in [0.3, 0.4) is 0 Å². The number of hydrogen-bond acceptors (Lipinski definition) is 4. The van der Waals surface area contributed by atoms with Gasteiger partial charge in [0.15, 0.2) is 0 Å². The molecule has 0 saturated carbocycles. The third-order valence-corrected chi connectivity index (χ3v) is 1.23. The molecule has 0 radical (unpaired) electrons. The number of halogens is 1. The molecule has 0 rings (SSSR count). The lowest BCUT2D eigenvalue weighted by molar-refractivity contribution is -0.140. The first-order valence-electron chi connectivity index (χ1n) is 4.39. The Labute approximate surface area is 95.9 Å². The summed E-state index contributed by atoms with van der Waals surface area (Å²) in [6.07, 6.45) is -0.378. The number of nitrogens with one attached hydrogen (secondary N) is 1. The number of amides is 1. The van der Waals surface area contributed by atoms with Crippen molar-refractivity contribution in [2.45, 2.75) is 32.8 Å². The van der Waals surface area contributed by atoms with Crippen LogP contribution in [0.15, 0.2) is 0 Å². The second-order valence-corrected chi connectivity index (χ2v) is 3.75. The fraction of sp³-hybridized carbons (Fsp3) is 0.778. The summed E-state index contributed by atoms with van der Waals surface area (Å²) >= 11 is 0. The van der Waals surface area contributed by atoms with Crippen molar-refractivity contribution in [3.63, 3.8) is 0 Å². The minimum Gasteiger partial charge on any atom is -0.469 e. The molecule has 0 aromatic carbocycles. The van der Waals surface area contributed by atoms with E-state index in [2.05, 4.69) is 10.1 Å². The smallest absolute Gasteiger partial charge is 0.407 e. The molecule has 1 amide bonds. The number of ether oxygens (including phenoxy) is 2. The van der Waals surface area contributed by atoms with Gasteiger partial charge >= 0.3 is 12.1 Å². The highest BCUT2D eigenvalue weighted by atomic mass is 35.5. The summed E-state index contributed by atoms with van der Waals surface area (Å²) in [6, 6.07) is 0. The Balaban J connectivity index is 0. The van der Waals surface area contributed by atoms with E-state index in [0.29, 0.717) is 0 Å². The predicted octanol–water partition coefficient (Wildman–Crippen LogP) is 1.50. The summed E-state index contributed by atoms with van der Waals surface area (Å²) in [7, 11) is 1.30. The van der Waals surface area contributed by atoms with E-state index in [-0.39, 0.29) is 31.3 Å². The molecule has 0 bridgehead atoms. The van der Waals surface area contributed by atoms with E-state index in [4.69, 9.17) is 4.74 Å². The summed E-state index contributed by atoms with van der Waals surface area (Å²) in [6.45, 7) is 5.54. The summed E-state index contributed by atoms with van der Waals surface area (Å²) in [5, 5.41) is 2.44. The standard InChI is InChI=1S/C9H17NO4.ClH/c1-9(2,3)14-8(12)10-6-5-7(11)13-4;/h5-6H2,1-4H3,(H,10,12);1H. The first-order valence-corrected chi connectivity index (χ1v) is 4.39. The quantitative estimate of drug-likeness (QED) is 0.758. The summed E-state index contributed by atoms with van der Waals surface area (Å²) in [5.74, 6) is -0.360. The summed E-state index contributed by atoms with van der Waals surface area (Å²) < 4.78 is 9.35. The van der Waals surface area contributed by atoms with Crippen molar-refractivity contribution in [1.82, 2.24) is 5.32 Å². The number of hydrogen-bond donors (Lipinski definition) is 1. The summed E-state index contributed by atoms with van der Waals surface area (Å²) in [5.41, 5.74) is -0.519. The molecular formula is C9H18ClNO4. The van der Waals surface area contributed by atoms with Gasteiger partial charge in [-0.3, -0.25) is 4.79 Å². The molecule has 0 heterocycles. The third-order valence-electron chi connectivity index (χ3n) is 1.23. The molecular weight excluding hydrogens is 222 g/mol. The van der Waals surface area contributed by atoms with Crippen LogP contribution in [0.4, 0.5) is 4.79 Å². The van der Waals surface area contributed by atoms with Crippen molar-refractivity contribution < 1.29 is 19.1 Å². The third kappa shape index (κ3) is 11.0. The molecule has 0 aliphatic carbocycles. The zero-order valence-electron chi connectivity index (χ0n) is 9.46. The number of rotatable bonds is 3. The molecule has 0 aromatic heterocycles. The number of methoxy groups -OCH3 is 1. The maximum absolute atomic E-state index is 11.0. The Kier molecular flexibility index (Phi) is 8.05. The van der Waals surface area contributed by atoms with Gasteiger partial charge in [-0.15, -0.1) is 12.4 Å². The van der Waals surface area contributed by atoms with Gasteiger partial charge in [0.05, 0.1) is 13.5 Å². The van der Waals surface area contributed by atoms with Gasteiger partial charge in [-0.25, -0.2) is 4.79 Å². The average molecular weight is 240 g/mol. The largest absolute Gasteiger partial charge is 0.469 e. The minimum absolute atomic E-state index is 0. The maximum atomic E-state index is 11.0. The molecule has 5 nitrogen and oxygen atoms in total. The Morgan fingerprint density at radius 2 is 1.80 bits per heavy atom. The normalized spacial score (nSPS) is 9.87. The van der Waals surface area contributed by atoms with Crippen molar-refractivity contribution >= 4 is 24.5 Å². The van der Waals surface area contributed by atoms with E-state index in [1.54, 1.807) is 20.8 Å². The van der Waals surface area contributed by atoms with Gasteiger partial charge in [0.1, 0.15) is 5.60 Å². The van der Waals surface area contributed by atoms with Crippen LogP contribution in [0.2, 0.25) is 0 Å². The highest BCUT2D eigenvalue weighted by Crippen LogP contribution is 2.06. The van der Waals surface area contributed by atoms with Crippen LogP contribution >= 0.6 is 12.4 Å². The fourth-order valence-electron chi connectivity index (χ4n) is 0.683. The van der Waals surface area contributed by atoms with Gasteiger partial charge in [-0.2, -0.15) is 0 Å². The molecule has 0 spiro atoms. The number of carbonyl (C=O) groups is 2. The van der Waals surface area contributed by atoms with E-state index >= 15 is 0 Å². The van der Waals surface area contributed by atoms with Gasteiger partial charge in [0, 0.05) is 6.54 Å². The van der Waals surface area contributed by atoms with E-state index in [9.17, 15) is 9.59 Å². The number of alkyl carbamates (subject to hydrolysis) is 1. The SMILES string of the molecule is COC(=O)CCNC(=O)OC(C)(C)C.Cl. The van der Waals surface area contributed by atoms with E-state index in [1.807, 2.05) is 0 Å². The molecule has 0 aliphatic rings. The maximum Gasteiger partial charge on any atom is 0.407 e. The van der Waals surface area contributed by atoms with Gasteiger partial charge in [-0.05, 0) is 20.8 Å². The average Bonchev–Trinajstić information content (AvgIpc) is 2.00. The zero-order valence-corrected chi connectivity index (χ0v) is 10.3. The second-order valence-electron chi connectivity index (χ2n) is 3.75. The Bertz CT molecular complexity index is 213. The molecule has 90 valence electrons.